The van der Waals surface area contributed by atoms with Gasteiger partial charge in [-0.05, 0) is 50.5 Å². The number of hydrogen-bond acceptors (Lipinski definition) is 4. The molecule has 0 radical (unpaired) electrons. The third-order valence-electron chi connectivity index (χ3n) is 6.86. The number of rotatable bonds is 6. The summed E-state index contributed by atoms with van der Waals surface area (Å²) in [6.45, 7) is 5.73. The van der Waals surface area contributed by atoms with Crippen LogP contribution in [0.1, 0.15) is 48.7 Å². The minimum Gasteiger partial charge on any atom is -0.381 e. The lowest BCUT2D eigenvalue weighted by Crippen LogP contribution is -2.44. The van der Waals surface area contributed by atoms with E-state index in [-0.39, 0.29) is 23.2 Å². The molecule has 7 heteroatoms. The van der Waals surface area contributed by atoms with Gasteiger partial charge in [-0.25, -0.2) is 14.1 Å². The molecule has 1 saturated heterocycles. The van der Waals surface area contributed by atoms with Crippen LogP contribution in [0.2, 0.25) is 0 Å². The lowest BCUT2D eigenvalue weighted by Gasteiger charge is -2.38. The molecular formula is C28H29FN4O2. The Bertz CT molecular complexity index is 1330. The molecule has 3 heterocycles. The van der Waals surface area contributed by atoms with Crippen molar-refractivity contribution in [2.45, 2.75) is 38.1 Å². The topological polar surface area (TPSA) is 69.0 Å². The molecule has 1 amide bonds. The average Bonchev–Trinajstić information content (AvgIpc) is 3.33. The third-order valence-corrected chi connectivity index (χ3v) is 6.86. The number of fused-ring (bicyclic) bond motifs is 1. The molecule has 6 nitrogen and oxygen atoms in total. The highest BCUT2D eigenvalue weighted by Gasteiger charge is 2.35. The third kappa shape index (κ3) is 4.56. The van der Waals surface area contributed by atoms with Gasteiger partial charge in [-0.3, -0.25) is 4.79 Å². The van der Waals surface area contributed by atoms with Crippen molar-refractivity contribution in [1.29, 1.82) is 0 Å². The summed E-state index contributed by atoms with van der Waals surface area (Å²) in [5.41, 5.74) is 3.60. The summed E-state index contributed by atoms with van der Waals surface area (Å²) in [5, 5.41) is 8.41. The van der Waals surface area contributed by atoms with Crippen LogP contribution in [0.15, 0.2) is 66.9 Å². The highest BCUT2D eigenvalue weighted by atomic mass is 19.1. The number of nitrogens with one attached hydrogen (secondary N) is 1. The molecule has 1 fully saturated rings. The number of ether oxygens (including phenoxy) is 1. The minimum absolute atomic E-state index is 0.103. The van der Waals surface area contributed by atoms with E-state index in [9.17, 15) is 9.18 Å². The molecule has 2 aromatic heterocycles. The summed E-state index contributed by atoms with van der Waals surface area (Å²) in [6.07, 6.45) is 3.23. The summed E-state index contributed by atoms with van der Waals surface area (Å²) in [5.74, 6) is -0.444. The van der Waals surface area contributed by atoms with E-state index < -0.39 is 0 Å². The van der Waals surface area contributed by atoms with Crippen LogP contribution in [-0.4, -0.2) is 40.4 Å². The van der Waals surface area contributed by atoms with E-state index in [1.165, 1.54) is 12.1 Å². The van der Waals surface area contributed by atoms with Gasteiger partial charge < -0.3 is 10.1 Å². The Hall–Kier alpha value is -3.58. The molecule has 0 aliphatic carbocycles. The molecular weight excluding hydrogens is 443 g/mol. The standard InChI is InChI=1S/C28H29FN4O2/c1-19(2)33-26-24(17-31-33)23(16-25(32-26)20-6-4-3-5-7-20)27(34)30-18-28(12-14-35-15-13-28)21-8-10-22(29)11-9-21/h3-11,16-17,19H,12-15,18H2,1-2H3,(H,30,34). The van der Waals surface area contributed by atoms with Gasteiger partial charge in [-0.15, -0.1) is 0 Å². The zero-order chi connectivity index (χ0) is 24.4. The first-order valence-corrected chi connectivity index (χ1v) is 12.0. The number of pyridine rings is 1. The van der Waals surface area contributed by atoms with Crippen molar-refractivity contribution >= 4 is 16.9 Å². The van der Waals surface area contributed by atoms with Gasteiger partial charge in [-0.2, -0.15) is 5.10 Å². The Morgan fingerprint density at radius 3 is 2.51 bits per heavy atom. The summed E-state index contributed by atoms with van der Waals surface area (Å²) >= 11 is 0. The lowest BCUT2D eigenvalue weighted by molar-refractivity contribution is 0.0487. The summed E-state index contributed by atoms with van der Waals surface area (Å²) in [4.78, 5) is 18.5. The molecule has 4 aromatic rings. The fourth-order valence-electron chi connectivity index (χ4n) is 4.82. The van der Waals surface area contributed by atoms with Gasteiger partial charge >= 0.3 is 0 Å². The Labute approximate surface area is 204 Å². The second kappa shape index (κ2) is 9.58. The number of carbonyl (C=O) groups excluding carboxylic acids is 1. The van der Waals surface area contributed by atoms with Gasteiger partial charge in [0.05, 0.1) is 22.8 Å². The molecule has 35 heavy (non-hydrogen) atoms. The fourth-order valence-corrected chi connectivity index (χ4v) is 4.82. The Kier molecular flexibility index (Phi) is 6.34. The van der Waals surface area contributed by atoms with Crippen LogP contribution < -0.4 is 5.32 Å². The molecule has 180 valence electrons. The number of halogens is 1. The summed E-state index contributed by atoms with van der Waals surface area (Å²) in [7, 11) is 0. The van der Waals surface area contributed by atoms with Crippen LogP contribution in [0.5, 0.6) is 0 Å². The number of carbonyl (C=O) groups is 1. The SMILES string of the molecule is CC(C)n1ncc2c(C(=O)NCC3(c4ccc(F)cc4)CCOCC3)cc(-c3ccccc3)nc21. The quantitative estimate of drug-likeness (QED) is 0.414. The zero-order valence-corrected chi connectivity index (χ0v) is 20.0. The van der Waals surface area contributed by atoms with E-state index in [0.717, 1.165) is 35.0 Å². The molecule has 1 aliphatic heterocycles. The molecule has 0 bridgehead atoms. The Balaban J connectivity index is 1.50. The van der Waals surface area contributed by atoms with Gasteiger partial charge in [-0.1, -0.05) is 42.5 Å². The van der Waals surface area contributed by atoms with Crippen LogP contribution >= 0.6 is 0 Å². The molecule has 1 N–H and O–H groups in total. The average molecular weight is 473 g/mol. The predicted molar refractivity (Wildman–Crippen MR) is 134 cm³/mol. The molecule has 2 aromatic carbocycles. The largest absolute Gasteiger partial charge is 0.381 e. The van der Waals surface area contributed by atoms with Gasteiger partial charge in [0.25, 0.3) is 5.91 Å². The summed E-state index contributed by atoms with van der Waals surface area (Å²) < 4.78 is 21.0. The van der Waals surface area contributed by atoms with E-state index in [4.69, 9.17) is 9.72 Å². The van der Waals surface area contributed by atoms with Crippen molar-refractivity contribution in [3.63, 3.8) is 0 Å². The Morgan fingerprint density at radius 1 is 1.11 bits per heavy atom. The predicted octanol–water partition coefficient (Wildman–Crippen LogP) is 5.30. The van der Waals surface area contributed by atoms with Crippen molar-refractivity contribution in [1.82, 2.24) is 20.1 Å². The normalized spacial score (nSPS) is 15.4. The number of benzene rings is 2. The van der Waals surface area contributed by atoms with Crippen molar-refractivity contribution in [3.05, 3.63) is 83.8 Å². The van der Waals surface area contributed by atoms with Crippen molar-refractivity contribution in [3.8, 4) is 11.3 Å². The van der Waals surface area contributed by atoms with E-state index in [0.29, 0.717) is 31.0 Å². The molecule has 1 aliphatic rings. The van der Waals surface area contributed by atoms with E-state index in [1.807, 2.05) is 67.1 Å². The highest BCUT2D eigenvalue weighted by molar-refractivity contribution is 6.06. The second-order valence-electron chi connectivity index (χ2n) is 9.42. The zero-order valence-electron chi connectivity index (χ0n) is 20.0. The summed E-state index contributed by atoms with van der Waals surface area (Å²) in [6, 6.07) is 18.4. The maximum atomic E-state index is 13.6. The van der Waals surface area contributed by atoms with Gasteiger partial charge in [0, 0.05) is 36.8 Å². The number of nitrogens with zero attached hydrogens (tertiary/aromatic N) is 3. The fraction of sp³-hybridized carbons (Fsp3) is 0.321. The van der Waals surface area contributed by atoms with Crippen LogP contribution in [-0.2, 0) is 10.2 Å². The van der Waals surface area contributed by atoms with E-state index >= 15 is 0 Å². The molecule has 0 spiro atoms. The number of amides is 1. The van der Waals surface area contributed by atoms with E-state index in [1.54, 1.807) is 6.20 Å². The van der Waals surface area contributed by atoms with Crippen molar-refractivity contribution in [2.24, 2.45) is 0 Å². The van der Waals surface area contributed by atoms with Gasteiger partial charge in [0.2, 0.25) is 0 Å². The first-order chi connectivity index (χ1) is 17.0. The smallest absolute Gasteiger partial charge is 0.252 e. The van der Waals surface area contributed by atoms with E-state index in [2.05, 4.69) is 10.4 Å². The maximum absolute atomic E-state index is 13.6. The van der Waals surface area contributed by atoms with Gasteiger partial charge in [0.1, 0.15) is 5.82 Å². The highest BCUT2D eigenvalue weighted by Crippen LogP contribution is 2.35. The second-order valence-corrected chi connectivity index (χ2v) is 9.42. The number of aromatic nitrogens is 3. The van der Waals surface area contributed by atoms with Crippen LogP contribution in [0.4, 0.5) is 4.39 Å². The van der Waals surface area contributed by atoms with Crippen molar-refractivity contribution < 1.29 is 13.9 Å². The molecule has 5 rings (SSSR count). The molecule has 0 unspecified atom stereocenters. The van der Waals surface area contributed by atoms with Crippen molar-refractivity contribution in [2.75, 3.05) is 19.8 Å². The van der Waals surface area contributed by atoms with Crippen LogP contribution in [0, 0.1) is 5.82 Å². The first kappa shape index (κ1) is 23.2. The Morgan fingerprint density at radius 2 is 1.83 bits per heavy atom. The van der Waals surface area contributed by atoms with Crippen LogP contribution in [0.25, 0.3) is 22.3 Å². The monoisotopic (exact) mass is 472 g/mol. The van der Waals surface area contributed by atoms with Crippen LogP contribution in [0.3, 0.4) is 0 Å². The first-order valence-electron chi connectivity index (χ1n) is 12.0. The molecule has 0 saturated carbocycles. The van der Waals surface area contributed by atoms with Gasteiger partial charge in [0.15, 0.2) is 5.65 Å². The number of hydrogen-bond donors (Lipinski definition) is 1. The minimum atomic E-state index is -0.307. The lowest BCUT2D eigenvalue weighted by atomic mass is 9.74. The maximum Gasteiger partial charge on any atom is 0.252 e. The molecule has 0 atom stereocenters.